The average Bonchev–Trinajstić information content (AvgIpc) is 2.70. The molecule has 0 unspecified atom stereocenters. The van der Waals surface area contributed by atoms with Gasteiger partial charge in [0, 0.05) is 42.3 Å². The zero-order chi connectivity index (χ0) is 14.0. The van der Waals surface area contributed by atoms with Crippen LogP contribution in [0.2, 0.25) is 0 Å². The van der Waals surface area contributed by atoms with E-state index in [1.54, 1.807) is 4.90 Å². The Morgan fingerprint density at radius 3 is 2.79 bits per heavy atom. The molecule has 0 spiro atoms. The molecule has 0 saturated heterocycles. The standard InChI is InChI=1S/C15H21N3O/c1-10-11(2)17-14-6-5-12(9-13(10)14)15(19)18(4)8-7-16-3/h5-6,9,16-17H,7-8H2,1-4H3. The van der Waals surface area contributed by atoms with Gasteiger partial charge in [-0.2, -0.15) is 0 Å². The summed E-state index contributed by atoms with van der Waals surface area (Å²) in [5, 5.41) is 4.18. The van der Waals surface area contributed by atoms with Crippen LogP contribution < -0.4 is 5.32 Å². The van der Waals surface area contributed by atoms with Crippen LogP contribution in [0.4, 0.5) is 0 Å². The zero-order valence-corrected chi connectivity index (χ0v) is 12.0. The molecular weight excluding hydrogens is 238 g/mol. The van der Waals surface area contributed by atoms with Crippen molar-refractivity contribution in [2.75, 3.05) is 27.2 Å². The highest BCUT2D eigenvalue weighted by atomic mass is 16.2. The maximum Gasteiger partial charge on any atom is 0.253 e. The maximum atomic E-state index is 12.3. The van der Waals surface area contributed by atoms with Crippen molar-refractivity contribution in [1.82, 2.24) is 15.2 Å². The summed E-state index contributed by atoms with van der Waals surface area (Å²) in [5.74, 6) is 0.0652. The highest BCUT2D eigenvalue weighted by molar-refractivity contribution is 5.98. The number of carbonyl (C=O) groups excluding carboxylic acids is 1. The molecule has 0 aliphatic carbocycles. The Bertz CT molecular complexity index is 601. The minimum atomic E-state index is 0.0652. The molecule has 0 fully saturated rings. The quantitative estimate of drug-likeness (QED) is 0.883. The summed E-state index contributed by atoms with van der Waals surface area (Å²) in [6.07, 6.45) is 0. The number of aryl methyl sites for hydroxylation is 2. The Morgan fingerprint density at radius 1 is 1.37 bits per heavy atom. The largest absolute Gasteiger partial charge is 0.358 e. The molecular formula is C15H21N3O. The number of carbonyl (C=O) groups is 1. The normalized spacial score (nSPS) is 10.9. The van der Waals surface area contributed by atoms with Crippen LogP contribution in [0, 0.1) is 13.8 Å². The van der Waals surface area contributed by atoms with E-state index in [0.717, 1.165) is 28.7 Å². The van der Waals surface area contributed by atoms with Crippen LogP contribution in [0.3, 0.4) is 0 Å². The Hall–Kier alpha value is -1.81. The third-order valence-corrected chi connectivity index (χ3v) is 3.60. The van der Waals surface area contributed by atoms with Crippen molar-refractivity contribution in [1.29, 1.82) is 0 Å². The van der Waals surface area contributed by atoms with Gasteiger partial charge in [0.25, 0.3) is 5.91 Å². The molecule has 4 nitrogen and oxygen atoms in total. The van der Waals surface area contributed by atoms with Crippen LogP contribution in [0.15, 0.2) is 18.2 Å². The van der Waals surface area contributed by atoms with Gasteiger partial charge in [0.05, 0.1) is 0 Å². The molecule has 1 amide bonds. The summed E-state index contributed by atoms with van der Waals surface area (Å²) in [5.41, 5.74) is 4.20. The lowest BCUT2D eigenvalue weighted by Crippen LogP contribution is -2.32. The highest BCUT2D eigenvalue weighted by Gasteiger charge is 2.13. The maximum absolute atomic E-state index is 12.3. The number of aromatic amines is 1. The van der Waals surface area contributed by atoms with Crippen LogP contribution in [0.1, 0.15) is 21.6 Å². The highest BCUT2D eigenvalue weighted by Crippen LogP contribution is 2.22. The van der Waals surface area contributed by atoms with Gasteiger partial charge in [-0.05, 0) is 44.7 Å². The van der Waals surface area contributed by atoms with E-state index < -0.39 is 0 Å². The van der Waals surface area contributed by atoms with Crippen molar-refractivity contribution in [3.8, 4) is 0 Å². The Balaban J connectivity index is 2.30. The molecule has 19 heavy (non-hydrogen) atoms. The first-order valence-electron chi connectivity index (χ1n) is 6.53. The van der Waals surface area contributed by atoms with E-state index in [-0.39, 0.29) is 5.91 Å². The minimum Gasteiger partial charge on any atom is -0.358 e. The molecule has 1 aromatic carbocycles. The van der Waals surface area contributed by atoms with Gasteiger partial charge >= 0.3 is 0 Å². The molecule has 0 aliphatic rings. The van der Waals surface area contributed by atoms with Crippen molar-refractivity contribution in [3.63, 3.8) is 0 Å². The van der Waals surface area contributed by atoms with Gasteiger partial charge < -0.3 is 15.2 Å². The Morgan fingerprint density at radius 2 is 2.11 bits per heavy atom. The molecule has 1 heterocycles. The SMILES string of the molecule is CNCCN(C)C(=O)c1ccc2[nH]c(C)c(C)c2c1. The predicted molar refractivity (Wildman–Crippen MR) is 78.7 cm³/mol. The van der Waals surface area contributed by atoms with E-state index in [1.807, 2.05) is 32.3 Å². The van der Waals surface area contributed by atoms with E-state index in [1.165, 1.54) is 5.56 Å². The number of hydrogen-bond acceptors (Lipinski definition) is 2. The van der Waals surface area contributed by atoms with Crippen LogP contribution in [-0.4, -0.2) is 43.0 Å². The number of amides is 1. The Kier molecular flexibility index (Phi) is 3.90. The van der Waals surface area contributed by atoms with Gasteiger partial charge in [-0.3, -0.25) is 4.79 Å². The number of fused-ring (bicyclic) bond motifs is 1. The monoisotopic (exact) mass is 259 g/mol. The van der Waals surface area contributed by atoms with Gasteiger partial charge in [0.2, 0.25) is 0 Å². The lowest BCUT2D eigenvalue weighted by molar-refractivity contribution is 0.0797. The first-order valence-corrected chi connectivity index (χ1v) is 6.53. The summed E-state index contributed by atoms with van der Waals surface area (Å²) < 4.78 is 0. The molecule has 2 N–H and O–H groups in total. The Labute approximate surface area is 113 Å². The van der Waals surface area contributed by atoms with E-state index in [4.69, 9.17) is 0 Å². The number of H-pyrrole nitrogens is 1. The smallest absolute Gasteiger partial charge is 0.253 e. The summed E-state index contributed by atoms with van der Waals surface area (Å²) in [4.78, 5) is 17.4. The van der Waals surface area contributed by atoms with Crippen LogP contribution >= 0.6 is 0 Å². The molecule has 2 rings (SSSR count). The molecule has 102 valence electrons. The third-order valence-electron chi connectivity index (χ3n) is 3.60. The van der Waals surface area contributed by atoms with E-state index in [9.17, 15) is 4.79 Å². The second-order valence-corrected chi connectivity index (χ2v) is 4.97. The van der Waals surface area contributed by atoms with Gasteiger partial charge in [-0.1, -0.05) is 0 Å². The molecule has 0 aliphatic heterocycles. The van der Waals surface area contributed by atoms with Gasteiger partial charge in [0.15, 0.2) is 0 Å². The van der Waals surface area contributed by atoms with E-state index in [0.29, 0.717) is 6.54 Å². The summed E-state index contributed by atoms with van der Waals surface area (Å²) in [7, 11) is 3.72. The van der Waals surface area contributed by atoms with Crippen molar-refractivity contribution >= 4 is 16.8 Å². The number of likely N-dealkylation sites (N-methyl/N-ethyl adjacent to an activating group) is 2. The van der Waals surface area contributed by atoms with Crippen molar-refractivity contribution in [2.24, 2.45) is 0 Å². The number of nitrogens with one attached hydrogen (secondary N) is 2. The molecule has 0 atom stereocenters. The first-order chi connectivity index (χ1) is 9.04. The molecule has 0 bridgehead atoms. The third kappa shape index (κ3) is 2.63. The molecule has 4 heteroatoms. The fourth-order valence-corrected chi connectivity index (χ4v) is 2.20. The van der Waals surface area contributed by atoms with Crippen LogP contribution in [0.25, 0.3) is 10.9 Å². The lowest BCUT2D eigenvalue weighted by Gasteiger charge is -2.17. The fourth-order valence-electron chi connectivity index (χ4n) is 2.20. The zero-order valence-electron chi connectivity index (χ0n) is 12.0. The summed E-state index contributed by atoms with van der Waals surface area (Å²) in [6.45, 7) is 5.63. The number of rotatable bonds is 4. The van der Waals surface area contributed by atoms with Crippen LogP contribution in [0.5, 0.6) is 0 Å². The van der Waals surface area contributed by atoms with Crippen LogP contribution in [-0.2, 0) is 0 Å². The minimum absolute atomic E-state index is 0.0652. The summed E-state index contributed by atoms with van der Waals surface area (Å²) in [6, 6.07) is 5.84. The van der Waals surface area contributed by atoms with Gasteiger partial charge in [-0.15, -0.1) is 0 Å². The number of benzene rings is 1. The number of aromatic nitrogens is 1. The number of hydrogen-bond donors (Lipinski definition) is 2. The van der Waals surface area contributed by atoms with Gasteiger partial charge in [-0.25, -0.2) is 0 Å². The predicted octanol–water partition coefficient (Wildman–Crippen LogP) is 2.08. The van der Waals surface area contributed by atoms with E-state index >= 15 is 0 Å². The molecule has 1 aromatic heterocycles. The van der Waals surface area contributed by atoms with Crippen molar-refractivity contribution in [3.05, 3.63) is 35.0 Å². The van der Waals surface area contributed by atoms with Crippen molar-refractivity contribution in [2.45, 2.75) is 13.8 Å². The van der Waals surface area contributed by atoms with Crippen molar-refractivity contribution < 1.29 is 4.79 Å². The van der Waals surface area contributed by atoms with E-state index in [2.05, 4.69) is 24.1 Å². The second-order valence-electron chi connectivity index (χ2n) is 4.97. The topological polar surface area (TPSA) is 48.1 Å². The average molecular weight is 259 g/mol. The summed E-state index contributed by atoms with van der Waals surface area (Å²) >= 11 is 0. The lowest BCUT2D eigenvalue weighted by atomic mass is 10.1. The fraction of sp³-hybridized carbons (Fsp3) is 0.400. The first kappa shape index (κ1) is 13.6. The second kappa shape index (κ2) is 5.45. The number of nitrogens with zero attached hydrogens (tertiary/aromatic N) is 1. The molecule has 2 aromatic rings. The molecule has 0 saturated carbocycles. The molecule has 0 radical (unpaired) electrons. The van der Waals surface area contributed by atoms with Gasteiger partial charge in [0.1, 0.15) is 0 Å².